The largest absolute Gasteiger partial charge is 0.476 e. The van der Waals surface area contributed by atoms with Crippen molar-refractivity contribution in [2.75, 3.05) is 34.0 Å². The number of ether oxygens (including phenoxy) is 5. The number of aliphatic imine (C=N–C) groups is 1. The average Bonchev–Trinajstić information content (AvgIpc) is 2.76. The maximum Gasteiger partial charge on any atom is 0.336 e. The third kappa shape index (κ3) is 13.6. The number of methoxy groups -OCH3 is 2. The first kappa shape index (κ1) is 29.6. The topological polar surface area (TPSA) is 127 Å². The highest BCUT2D eigenvalue weighted by Crippen LogP contribution is 2.22. The third-order valence-corrected chi connectivity index (χ3v) is 4.10. The molecule has 0 aromatic carbocycles. The summed E-state index contributed by atoms with van der Waals surface area (Å²) in [6.07, 6.45) is 2.03. The first-order valence-corrected chi connectivity index (χ1v) is 10.1. The number of carbonyl (C=O) groups excluding carboxylic acids is 4. The van der Waals surface area contributed by atoms with Gasteiger partial charge in [0.2, 0.25) is 0 Å². The Balaban J connectivity index is 5.05. The van der Waals surface area contributed by atoms with E-state index in [4.69, 9.17) is 14.2 Å². The van der Waals surface area contributed by atoms with E-state index in [2.05, 4.69) is 34.2 Å². The number of hydrogen-bond donors (Lipinski definition) is 0. The molecule has 0 rings (SSSR count). The summed E-state index contributed by atoms with van der Waals surface area (Å²) in [5.41, 5.74) is -0.435. The van der Waals surface area contributed by atoms with Crippen LogP contribution in [0, 0.1) is 0 Å². The lowest BCUT2D eigenvalue weighted by molar-refractivity contribution is -0.152. The van der Waals surface area contributed by atoms with Crippen LogP contribution < -0.4 is 0 Å². The van der Waals surface area contributed by atoms with E-state index >= 15 is 0 Å². The predicted octanol–water partition coefficient (Wildman–Crippen LogP) is 2.47. The van der Waals surface area contributed by atoms with Gasteiger partial charge in [-0.3, -0.25) is 14.6 Å². The van der Waals surface area contributed by atoms with E-state index in [0.29, 0.717) is 6.54 Å². The molecule has 0 spiro atoms. The first-order valence-electron chi connectivity index (χ1n) is 10.1. The van der Waals surface area contributed by atoms with E-state index in [1.165, 1.54) is 27.5 Å². The molecule has 33 heavy (non-hydrogen) atoms. The Hall–Kier alpha value is -3.43. The summed E-state index contributed by atoms with van der Waals surface area (Å²) in [6, 6.07) is 0. The van der Waals surface area contributed by atoms with Crippen LogP contribution in [0.4, 0.5) is 0 Å². The Morgan fingerprint density at radius 3 is 1.73 bits per heavy atom. The van der Waals surface area contributed by atoms with Gasteiger partial charge in [-0.1, -0.05) is 18.7 Å². The molecular weight excluding hydrogens is 434 g/mol. The minimum Gasteiger partial charge on any atom is -0.476 e. The van der Waals surface area contributed by atoms with Crippen molar-refractivity contribution in [3.8, 4) is 0 Å². The zero-order valence-electron chi connectivity index (χ0n) is 19.8. The molecule has 10 nitrogen and oxygen atoms in total. The van der Waals surface area contributed by atoms with Gasteiger partial charge in [0.05, 0.1) is 38.2 Å². The Labute approximate surface area is 194 Å². The van der Waals surface area contributed by atoms with Gasteiger partial charge in [-0.05, 0) is 26.7 Å². The van der Waals surface area contributed by atoms with Crippen molar-refractivity contribution in [2.24, 2.45) is 4.99 Å². The molecule has 0 heterocycles. The van der Waals surface area contributed by atoms with Crippen molar-refractivity contribution < 1.29 is 42.9 Å². The molecule has 0 aliphatic rings. The summed E-state index contributed by atoms with van der Waals surface area (Å²) in [4.78, 5) is 51.4. The normalized spacial score (nSPS) is 10.8. The molecule has 0 aromatic heterocycles. The summed E-state index contributed by atoms with van der Waals surface area (Å²) in [5.74, 6) is -2.91. The average molecular weight is 468 g/mol. The van der Waals surface area contributed by atoms with Crippen molar-refractivity contribution in [1.82, 2.24) is 0 Å². The van der Waals surface area contributed by atoms with Crippen LogP contribution >= 0.6 is 0 Å². The van der Waals surface area contributed by atoms with E-state index < -0.39 is 29.5 Å². The van der Waals surface area contributed by atoms with Gasteiger partial charge in [0.1, 0.15) is 18.8 Å². The van der Waals surface area contributed by atoms with E-state index in [-0.39, 0.29) is 37.2 Å². The van der Waals surface area contributed by atoms with Crippen LogP contribution in [0.2, 0.25) is 0 Å². The number of allylic oxidation sites excluding steroid dienone is 1. The summed E-state index contributed by atoms with van der Waals surface area (Å²) in [5, 5.41) is 0. The molecule has 0 unspecified atom stereocenters. The first-order chi connectivity index (χ1) is 15.4. The molecule has 0 saturated carbocycles. The molecule has 0 amide bonds. The Bertz CT molecular complexity index is 737. The summed E-state index contributed by atoms with van der Waals surface area (Å²) < 4.78 is 24.6. The Morgan fingerprint density at radius 1 is 0.879 bits per heavy atom. The third-order valence-electron chi connectivity index (χ3n) is 4.10. The predicted molar refractivity (Wildman–Crippen MR) is 120 cm³/mol. The van der Waals surface area contributed by atoms with Gasteiger partial charge in [0, 0.05) is 6.54 Å². The van der Waals surface area contributed by atoms with Gasteiger partial charge in [0.15, 0.2) is 6.40 Å². The van der Waals surface area contributed by atoms with E-state index in [9.17, 15) is 19.2 Å². The van der Waals surface area contributed by atoms with Gasteiger partial charge in [-0.25, -0.2) is 9.59 Å². The maximum atomic E-state index is 12.3. The fraction of sp³-hybridized carbons (Fsp3) is 0.522. The molecule has 0 saturated heterocycles. The van der Waals surface area contributed by atoms with Crippen molar-refractivity contribution >= 4 is 30.3 Å². The maximum absolute atomic E-state index is 12.3. The Morgan fingerprint density at radius 2 is 1.33 bits per heavy atom. The number of esters is 4. The highest BCUT2D eigenvalue weighted by atomic mass is 16.6. The van der Waals surface area contributed by atoms with Crippen LogP contribution in [0.5, 0.6) is 0 Å². The van der Waals surface area contributed by atoms with Crippen molar-refractivity contribution in [3.05, 3.63) is 36.5 Å². The lowest BCUT2D eigenvalue weighted by Gasteiger charge is -2.26. The minimum absolute atomic E-state index is 0.0479. The van der Waals surface area contributed by atoms with Crippen LogP contribution in [-0.4, -0.2) is 69.9 Å². The molecule has 0 bridgehead atoms. The van der Waals surface area contributed by atoms with Crippen molar-refractivity contribution in [3.63, 3.8) is 0 Å². The van der Waals surface area contributed by atoms with Crippen LogP contribution in [0.15, 0.2) is 41.4 Å². The molecule has 0 aliphatic carbocycles. The molecule has 184 valence electrons. The second-order valence-electron chi connectivity index (χ2n) is 7.51. The van der Waals surface area contributed by atoms with E-state index in [0.717, 1.165) is 18.4 Å². The molecule has 10 heteroatoms. The zero-order valence-corrected chi connectivity index (χ0v) is 19.8. The van der Waals surface area contributed by atoms with Crippen LogP contribution in [0.3, 0.4) is 0 Å². The quantitative estimate of drug-likeness (QED) is 0.0640. The smallest absolute Gasteiger partial charge is 0.336 e. The van der Waals surface area contributed by atoms with Gasteiger partial charge >= 0.3 is 23.9 Å². The number of nitrogens with zero attached hydrogens (tertiary/aromatic N) is 1. The highest BCUT2D eigenvalue weighted by Gasteiger charge is 2.34. The van der Waals surface area contributed by atoms with Crippen LogP contribution in [0.25, 0.3) is 0 Å². The second kappa shape index (κ2) is 15.4. The second-order valence-corrected chi connectivity index (χ2v) is 7.51. The lowest BCUT2D eigenvalue weighted by Crippen LogP contribution is -2.36. The molecule has 0 atom stereocenters. The van der Waals surface area contributed by atoms with Gasteiger partial charge in [-0.2, -0.15) is 0 Å². The monoisotopic (exact) mass is 467 g/mol. The lowest BCUT2D eigenvalue weighted by atomic mass is 9.98. The zero-order chi connectivity index (χ0) is 25.4. The fourth-order valence-electron chi connectivity index (χ4n) is 2.29. The molecule has 0 aromatic rings. The molecular formula is C23H33NO9. The van der Waals surface area contributed by atoms with E-state index in [1.54, 1.807) is 0 Å². The minimum atomic E-state index is -1.37. The summed E-state index contributed by atoms with van der Waals surface area (Å²) in [7, 11) is 2.35. The molecule has 0 N–H and O–H groups in total. The molecule has 0 aliphatic heterocycles. The SMILES string of the molecule is C=C(C)CCCN=COC(C)(CC(=O)OCC(=C)C(=O)OC)CC(=O)OCC(=C)C(=O)OC. The van der Waals surface area contributed by atoms with E-state index in [1.807, 2.05) is 6.92 Å². The van der Waals surface area contributed by atoms with Gasteiger partial charge in [-0.15, -0.1) is 6.58 Å². The molecule has 0 fully saturated rings. The summed E-state index contributed by atoms with van der Waals surface area (Å²) >= 11 is 0. The number of rotatable bonds is 16. The molecule has 0 radical (unpaired) electrons. The van der Waals surface area contributed by atoms with Gasteiger partial charge in [0.25, 0.3) is 0 Å². The van der Waals surface area contributed by atoms with Crippen molar-refractivity contribution in [2.45, 2.75) is 45.1 Å². The summed E-state index contributed by atoms with van der Waals surface area (Å²) in [6.45, 7) is 13.9. The standard InChI is InChI=1S/C23H33NO9/c1-16(2)9-8-10-24-15-33-23(5,11-19(25)31-13-17(3)21(27)29-6)12-20(26)32-14-18(4)22(28)30-7/h15H,1,3-4,8-14H2,2,5-7H3. The fourth-order valence-corrected chi connectivity index (χ4v) is 2.29. The van der Waals surface area contributed by atoms with Crippen molar-refractivity contribution in [1.29, 1.82) is 0 Å². The van der Waals surface area contributed by atoms with Gasteiger partial charge < -0.3 is 23.7 Å². The number of hydrogen-bond acceptors (Lipinski definition) is 10. The van der Waals surface area contributed by atoms with Crippen LogP contribution in [-0.2, 0) is 42.9 Å². The Kier molecular flexibility index (Phi) is 13.8. The van der Waals surface area contributed by atoms with Crippen LogP contribution in [0.1, 0.15) is 39.5 Å². The number of carbonyl (C=O) groups is 4. The highest BCUT2D eigenvalue weighted by molar-refractivity contribution is 5.89.